The second-order valence-corrected chi connectivity index (χ2v) is 6.41. The van der Waals surface area contributed by atoms with Crippen LogP contribution in [0.25, 0.3) is 0 Å². The summed E-state index contributed by atoms with van der Waals surface area (Å²) in [5.74, 6) is 4.03. The predicted molar refractivity (Wildman–Crippen MR) is 97.4 cm³/mol. The molecule has 2 aromatic rings. The first kappa shape index (κ1) is 21.8. The van der Waals surface area contributed by atoms with Gasteiger partial charge in [0.2, 0.25) is 5.95 Å². The molecule has 0 spiro atoms. The average molecular weight is 416 g/mol. The second-order valence-electron chi connectivity index (χ2n) is 6.41. The molecule has 1 atom stereocenters. The van der Waals surface area contributed by atoms with E-state index in [1.165, 1.54) is 11.1 Å². The maximum Gasteiger partial charge on any atom is 3.00 e. The molecule has 25 heavy (non-hydrogen) atoms. The third-order valence-corrected chi connectivity index (χ3v) is 3.67. The standard InChI is InChI=1S/C19H27N4O.Y/c1-7-16(11-24-17-9-13(4)8-14(5)10-17)22-19-21-15(6)20-18(23-19)12(2)3;/h8-10,16H,7,11H2,1-6H3,(H,20,21,22,23);/q-1;+3. The normalized spacial score (nSPS) is 11.4. The Bertz CT molecular complexity index is 671. The number of benzene rings is 1. The largest absolute Gasteiger partial charge is 3.00 e. The summed E-state index contributed by atoms with van der Waals surface area (Å²) in [6.07, 6.45) is 0.916. The average Bonchev–Trinajstić information content (AvgIpc) is 2.49. The first-order chi connectivity index (χ1) is 11.4. The predicted octanol–water partition coefficient (Wildman–Crippen LogP) is 4.03. The summed E-state index contributed by atoms with van der Waals surface area (Å²) in [6.45, 7) is 12.7. The fraction of sp³-hybridized carbons (Fsp3) is 0.474. The molecule has 0 aliphatic rings. The minimum absolute atomic E-state index is 0. The van der Waals surface area contributed by atoms with Crippen LogP contribution in [-0.2, 0) is 32.7 Å². The van der Waals surface area contributed by atoms with Crippen molar-refractivity contribution in [2.45, 2.75) is 54.0 Å². The summed E-state index contributed by atoms with van der Waals surface area (Å²) in [5.41, 5.74) is 2.41. The smallest absolute Gasteiger partial charge is 0.491 e. The monoisotopic (exact) mass is 416 g/mol. The van der Waals surface area contributed by atoms with Gasteiger partial charge in [-0.1, -0.05) is 13.0 Å². The van der Waals surface area contributed by atoms with Crippen LogP contribution in [0.5, 0.6) is 5.75 Å². The van der Waals surface area contributed by atoms with Crippen molar-refractivity contribution in [3.63, 3.8) is 0 Å². The number of hydrogen-bond acceptors (Lipinski definition) is 5. The number of anilines is 1. The number of aryl methyl sites for hydroxylation is 3. The Morgan fingerprint density at radius 2 is 1.68 bits per heavy atom. The Morgan fingerprint density at radius 1 is 1.04 bits per heavy atom. The Morgan fingerprint density at radius 3 is 2.24 bits per heavy atom. The van der Waals surface area contributed by atoms with Crippen LogP contribution in [0.4, 0.5) is 5.95 Å². The molecule has 1 N–H and O–H groups in total. The zero-order valence-corrected chi connectivity index (χ0v) is 18.9. The first-order valence-electron chi connectivity index (χ1n) is 8.38. The third kappa shape index (κ3) is 6.91. The molecule has 1 aromatic carbocycles. The summed E-state index contributed by atoms with van der Waals surface area (Å²) in [6, 6.07) is 6.39. The molecule has 130 valence electrons. The van der Waals surface area contributed by atoms with Crippen molar-refractivity contribution in [1.82, 2.24) is 15.0 Å². The summed E-state index contributed by atoms with van der Waals surface area (Å²) in [5, 5.41) is 3.36. The van der Waals surface area contributed by atoms with Crippen LogP contribution < -0.4 is 10.1 Å². The molecule has 1 heterocycles. The molecule has 0 aliphatic heterocycles. The number of nitrogens with one attached hydrogen (secondary N) is 1. The van der Waals surface area contributed by atoms with Crippen molar-refractivity contribution < 1.29 is 37.4 Å². The van der Waals surface area contributed by atoms with Gasteiger partial charge in [-0.3, -0.25) is 4.98 Å². The van der Waals surface area contributed by atoms with Gasteiger partial charge in [0.1, 0.15) is 18.2 Å². The molecule has 1 unspecified atom stereocenters. The van der Waals surface area contributed by atoms with Crippen LogP contribution in [-0.4, -0.2) is 27.6 Å². The van der Waals surface area contributed by atoms with E-state index < -0.39 is 0 Å². The number of nitrogens with zero attached hydrogens (tertiary/aromatic N) is 3. The van der Waals surface area contributed by atoms with Gasteiger partial charge >= 0.3 is 32.7 Å². The molecule has 0 bridgehead atoms. The number of aromatic nitrogens is 3. The molecule has 1 aromatic heterocycles. The van der Waals surface area contributed by atoms with E-state index in [1.54, 1.807) is 0 Å². The topological polar surface area (TPSA) is 59.9 Å². The van der Waals surface area contributed by atoms with E-state index in [9.17, 15) is 0 Å². The van der Waals surface area contributed by atoms with E-state index in [0.717, 1.165) is 23.9 Å². The van der Waals surface area contributed by atoms with Crippen molar-refractivity contribution >= 4 is 5.95 Å². The Balaban J connectivity index is 0.00000312. The van der Waals surface area contributed by atoms with E-state index in [4.69, 9.17) is 4.74 Å². The van der Waals surface area contributed by atoms with Gasteiger partial charge in [-0.2, -0.15) is 18.8 Å². The Hall–Kier alpha value is -1.20. The van der Waals surface area contributed by atoms with E-state index in [0.29, 0.717) is 18.4 Å². The summed E-state index contributed by atoms with van der Waals surface area (Å²) in [7, 11) is 0. The number of rotatable bonds is 7. The van der Waals surface area contributed by atoms with Gasteiger partial charge in [0.15, 0.2) is 0 Å². The van der Waals surface area contributed by atoms with Crippen LogP contribution in [0, 0.1) is 26.7 Å². The van der Waals surface area contributed by atoms with Crippen molar-refractivity contribution in [2.75, 3.05) is 11.9 Å². The number of ether oxygens (including phenoxy) is 1. The van der Waals surface area contributed by atoms with Crippen LogP contribution in [0.2, 0.25) is 0 Å². The van der Waals surface area contributed by atoms with Crippen LogP contribution in [0.3, 0.4) is 0 Å². The zero-order chi connectivity index (χ0) is 17.7. The molecule has 0 saturated heterocycles. The first-order valence-corrected chi connectivity index (χ1v) is 8.38. The maximum absolute atomic E-state index is 5.96. The molecule has 0 fully saturated rings. The van der Waals surface area contributed by atoms with E-state index in [-0.39, 0.29) is 38.8 Å². The third-order valence-electron chi connectivity index (χ3n) is 3.67. The van der Waals surface area contributed by atoms with Crippen molar-refractivity contribution in [3.05, 3.63) is 46.9 Å². The van der Waals surface area contributed by atoms with Gasteiger partial charge in [0.25, 0.3) is 0 Å². The summed E-state index contributed by atoms with van der Waals surface area (Å²) in [4.78, 5) is 13.2. The van der Waals surface area contributed by atoms with Gasteiger partial charge < -0.3 is 16.0 Å². The van der Waals surface area contributed by atoms with E-state index in [2.05, 4.69) is 59.2 Å². The Labute approximate surface area is 176 Å². The molecule has 5 nitrogen and oxygen atoms in total. The SMILES string of the molecule is CCC(COc1cc(C)cc(C)c1)Nc1nc(C)nc([C-](C)C)n1.[Y+3]. The van der Waals surface area contributed by atoms with Gasteiger partial charge in [0.05, 0.1) is 6.04 Å². The molecule has 0 amide bonds. The van der Waals surface area contributed by atoms with Gasteiger partial charge in [0, 0.05) is 5.82 Å². The molecule has 2 rings (SSSR count). The van der Waals surface area contributed by atoms with Crippen molar-refractivity contribution in [3.8, 4) is 5.75 Å². The molecule has 0 saturated carbocycles. The van der Waals surface area contributed by atoms with Gasteiger partial charge in [-0.15, -0.1) is 0 Å². The van der Waals surface area contributed by atoms with Crippen LogP contribution in [0.1, 0.15) is 50.0 Å². The maximum atomic E-state index is 5.96. The number of hydrogen-bond donors (Lipinski definition) is 1. The molecule has 0 aliphatic carbocycles. The van der Waals surface area contributed by atoms with Gasteiger partial charge in [-0.05, 0) is 50.5 Å². The van der Waals surface area contributed by atoms with Crippen LogP contribution >= 0.6 is 0 Å². The van der Waals surface area contributed by atoms with Crippen molar-refractivity contribution in [1.29, 1.82) is 0 Å². The second kappa shape index (κ2) is 10.1. The van der Waals surface area contributed by atoms with E-state index >= 15 is 0 Å². The van der Waals surface area contributed by atoms with Crippen molar-refractivity contribution in [2.24, 2.45) is 0 Å². The molecular formula is C19H27N4OY+2. The molecule has 6 heteroatoms. The summed E-state index contributed by atoms with van der Waals surface area (Å²) < 4.78 is 5.96. The fourth-order valence-corrected chi connectivity index (χ4v) is 2.43. The zero-order valence-electron chi connectivity index (χ0n) is 16.1. The minimum atomic E-state index is 0. The van der Waals surface area contributed by atoms with Gasteiger partial charge in [-0.25, -0.2) is 4.98 Å². The molecule has 0 radical (unpaired) electrons. The quantitative estimate of drug-likeness (QED) is 0.691. The minimum Gasteiger partial charge on any atom is -0.491 e. The Kier molecular flexibility index (Phi) is 8.80. The molecular weight excluding hydrogens is 389 g/mol. The van der Waals surface area contributed by atoms with Crippen LogP contribution in [0.15, 0.2) is 18.2 Å². The fourth-order valence-electron chi connectivity index (χ4n) is 2.43. The summed E-state index contributed by atoms with van der Waals surface area (Å²) >= 11 is 0. The van der Waals surface area contributed by atoms with E-state index in [1.807, 2.05) is 20.8 Å².